The van der Waals surface area contributed by atoms with E-state index in [1.165, 1.54) is 24.4 Å². The Hall–Kier alpha value is -3.27. The van der Waals surface area contributed by atoms with E-state index in [4.69, 9.17) is 5.73 Å². The summed E-state index contributed by atoms with van der Waals surface area (Å²) in [6.45, 7) is 2.22. The molecule has 2 atom stereocenters. The van der Waals surface area contributed by atoms with Crippen LogP contribution in [0.15, 0.2) is 54.0 Å². The first-order valence-corrected chi connectivity index (χ1v) is 11.2. The number of aromatic nitrogens is 1. The summed E-state index contributed by atoms with van der Waals surface area (Å²) in [5.74, 6) is -7.00. The largest absolute Gasteiger partial charge is 0.368 e. The highest BCUT2D eigenvalue weighted by molar-refractivity contribution is 6.10. The summed E-state index contributed by atoms with van der Waals surface area (Å²) in [6, 6.07) is 5.92. The van der Waals surface area contributed by atoms with E-state index in [1.54, 1.807) is 0 Å². The molecule has 1 aliphatic heterocycles. The molecule has 4 rings (SSSR count). The highest BCUT2D eigenvalue weighted by atomic mass is 19.3. The molecule has 2 aromatic rings. The normalized spacial score (nSPS) is 22.1. The maximum Gasteiger partial charge on any atom is 0.280 e. The molecule has 186 valence electrons. The Morgan fingerprint density at radius 3 is 2.69 bits per heavy atom. The van der Waals surface area contributed by atoms with Crippen LogP contribution >= 0.6 is 0 Å². The standard InChI is InChI=1S/C25H25F5N4O/c1-14-8-15(31)13-34(12-14)21-9-16(10-26)32-11-20(21)33-24(35)18-6-7-25(29,30)22(23(18)28)17-4-2-3-5-19(17)27/h2-6,9,11,14-15H,7-8,10,12-13,31H2,1H3,(H,33,35)/t14-,15+/m1/s1. The molecule has 0 bridgehead atoms. The number of nitrogens with zero attached hydrogens (tertiary/aromatic N) is 2. The Morgan fingerprint density at radius 1 is 1.26 bits per heavy atom. The number of hydrogen-bond acceptors (Lipinski definition) is 4. The van der Waals surface area contributed by atoms with Crippen molar-refractivity contribution in [2.24, 2.45) is 11.7 Å². The Morgan fingerprint density at radius 2 is 2.00 bits per heavy atom. The number of carbonyl (C=O) groups excluding carboxylic acids is 1. The predicted molar refractivity (Wildman–Crippen MR) is 124 cm³/mol. The number of rotatable bonds is 5. The van der Waals surface area contributed by atoms with Crippen LogP contribution in [0.1, 0.15) is 31.0 Å². The van der Waals surface area contributed by atoms with E-state index < -0.39 is 53.3 Å². The third kappa shape index (κ3) is 5.07. The van der Waals surface area contributed by atoms with Gasteiger partial charge in [-0.1, -0.05) is 31.2 Å². The van der Waals surface area contributed by atoms with E-state index in [9.17, 15) is 22.4 Å². The number of hydrogen-bond donors (Lipinski definition) is 2. The van der Waals surface area contributed by atoms with Gasteiger partial charge in [0, 0.05) is 31.1 Å². The summed E-state index contributed by atoms with van der Waals surface area (Å²) < 4.78 is 72.1. The van der Waals surface area contributed by atoms with Gasteiger partial charge in [0.1, 0.15) is 18.3 Å². The number of piperidine rings is 1. The van der Waals surface area contributed by atoms with Crippen LogP contribution in [0.4, 0.5) is 33.3 Å². The van der Waals surface area contributed by atoms with Crippen LogP contribution in [-0.4, -0.2) is 35.9 Å². The third-order valence-electron chi connectivity index (χ3n) is 6.13. The first-order chi connectivity index (χ1) is 16.6. The molecule has 2 aliphatic rings. The number of allylic oxidation sites excluding steroid dienone is 2. The van der Waals surface area contributed by atoms with E-state index in [-0.39, 0.29) is 23.3 Å². The molecule has 1 amide bonds. The fraction of sp³-hybridized carbons (Fsp3) is 0.360. The van der Waals surface area contributed by atoms with Crippen LogP contribution in [0, 0.1) is 11.7 Å². The second kappa shape index (κ2) is 9.77. The number of carbonyl (C=O) groups is 1. The highest BCUT2D eigenvalue weighted by Gasteiger charge is 2.43. The second-order valence-corrected chi connectivity index (χ2v) is 8.98. The molecule has 2 heterocycles. The summed E-state index contributed by atoms with van der Waals surface area (Å²) in [7, 11) is 0. The molecule has 1 aromatic heterocycles. The zero-order valence-corrected chi connectivity index (χ0v) is 19.0. The maximum absolute atomic E-state index is 15.3. The van der Waals surface area contributed by atoms with Crippen molar-refractivity contribution in [3.8, 4) is 0 Å². The molecule has 10 heteroatoms. The molecule has 1 saturated heterocycles. The van der Waals surface area contributed by atoms with Gasteiger partial charge in [0.15, 0.2) is 0 Å². The molecular formula is C25H25F5N4O. The van der Waals surface area contributed by atoms with Crippen LogP contribution in [0.5, 0.6) is 0 Å². The Labute approximate surface area is 199 Å². The Kier molecular flexibility index (Phi) is 6.93. The van der Waals surface area contributed by atoms with Crippen LogP contribution in [0.2, 0.25) is 0 Å². The lowest BCUT2D eigenvalue weighted by Gasteiger charge is -2.37. The topological polar surface area (TPSA) is 71.2 Å². The van der Waals surface area contributed by atoms with Crippen molar-refractivity contribution in [3.63, 3.8) is 0 Å². The molecule has 0 unspecified atom stereocenters. The molecular weight excluding hydrogens is 467 g/mol. The number of benzene rings is 1. The average Bonchev–Trinajstić information content (AvgIpc) is 2.79. The molecule has 1 fully saturated rings. The molecule has 0 spiro atoms. The summed E-state index contributed by atoms with van der Waals surface area (Å²) in [5, 5.41) is 2.52. The van der Waals surface area contributed by atoms with Gasteiger partial charge in [-0.2, -0.15) is 0 Å². The molecule has 0 radical (unpaired) electrons. The number of pyridine rings is 1. The molecule has 1 aliphatic carbocycles. The monoisotopic (exact) mass is 492 g/mol. The van der Waals surface area contributed by atoms with Crippen LogP contribution in [0.25, 0.3) is 5.57 Å². The van der Waals surface area contributed by atoms with Crippen LogP contribution in [0.3, 0.4) is 0 Å². The van der Waals surface area contributed by atoms with Crippen molar-refractivity contribution in [2.45, 2.75) is 38.4 Å². The number of anilines is 2. The number of halogens is 5. The lowest BCUT2D eigenvalue weighted by atomic mass is 9.88. The fourth-order valence-corrected chi connectivity index (χ4v) is 4.59. The van der Waals surface area contributed by atoms with Gasteiger partial charge >= 0.3 is 0 Å². The van der Waals surface area contributed by atoms with Crippen molar-refractivity contribution in [3.05, 3.63) is 71.1 Å². The zero-order valence-electron chi connectivity index (χ0n) is 19.0. The van der Waals surface area contributed by atoms with Gasteiger partial charge in [0.25, 0.3) is 11.8 Å². The molecule has 5 nitrogen and oxygen atoms in total. The number of alkyl halides is 3. The van der Waals surface area contributed by atoms with E-state index >= 15 is 4.39 Å². The van der Waals surface area contributed by atoms with Gasteiger partial charge in [0.2, 0.25) is 0 Å². The minimum Gasteiger partial charge on any atom is -0.368 e. The van der Waals surface area contributed by atoms with Gasteiger partial charge in [-0.3, -0.25) is 9.78 Å². The first kappa shape index (κ1) is 24.8. The van der Waals surface area contributed by atoms with Gasteiger partial charge < -0.3 is 16.0 Å². The van der Waals surface area contributed by atoms with Gasteiger partial charge in [-0.05, 0) is 24.5 Å². The van der Waals surface area contributed by atoms with Crippen molar-refractivity contribution in [1.82, 2.24) is 4.98 Å². The Bertz CT molecular complexity index is 1190. The average molecular weight is 492 g/mol. The van der Waals surface area contributed by atoms with Crippen molar-refractivity contribution >= 4 is 22.9 Å². The molecule has 0 saturated carbocycles. The van der Waals surface area contributed by atoms with Gasteiger partial charge in [-0.25, -0.2) is 22.0 Å². The third-order valence-corrected chi connectivity index (χ3v) is 6.13. The van der Waals surface area contributed by atoms with E-state index in [2.05, 4.69) is 10.3 Å². The van der Waals surface area contributed by atoms with Crippen LogP contribution in [-0.2, 0) is 11.5 Å². The smallest absolute Gasteiger partial charge is 0.280 e. The first-order valence-electron chi connectivity index (χ1n) is 11.2. The van der Waals surface area contributed by atoms with Crippen molar-refractivity contribution in [1.29, 1.82) is 0 Å². The zero-order chi connectivity index (χ0) is 25.3. The quantitative estimate of drug-likeness (QED) is 0.567. The number of amides is 1. The summed E-state index contributed by atoms with van der Waals surface area (Å²) in [5.41, 5.74) is 4.45. The summed E-state index contributed by atoms with van der Waals surface area (Å²) in [4.78, 5) is 18.9. The highest BCUT2D eigenvalue weighted by Crippen LogP contribution is 2.45. The number of nitrogens with one attached hydrogen (secondary N) is 1. The summed E-state index contributed by atoms with van der Waals surface area (Å²) in [6.07, 6.45) is 1.85. The van der Waals surface area contributed by atoms with Crippen LogP contribution < -0.4 is 16.0 Å². The molecule has 35 heavy (non-hydrogen) atoms. The van der Waals surface area contributed by atoms with Crippen molar-refractivity contribution in [2.75, 3.05) is 23.3 Å². The second-order valence-electron chi connectivity index (χ2n) is 8.98. The minimum atomic E-state index is -3.70. The fourth-order valence-electron chi connectivity index (χ4n) is 4.59. The van der Waals surface area contributed by atoms with Gasteiger partial charge in [-0.15, -0.1) is 0 Å². The minimum absolute atomic E-state index is 0.134. The molecule has 3 N–H and O–H groups in total. The van der Waals surface area contributed by atoms with E-state index in [0.717, 1.165) is 24.6 Å². The maximum atomic E-state index is 15.3. The van der Waals surface area contributed by atoms with E-state index in [0.29, 0.717) is 18.8 Å². The van der Waals surface area contributed by atoms with Gasteiger partial charge in [0.05, 0.1) is 34.4 Å². The lowest BCUT2D eigenvalue weighted by Crippen LogP contribution is -2.46. The van der Waals surface area contributed by atoms with E-state index in [1.807, 2.05) is 11.8 Å². The predicted octanol–water partition coefficient (Wildman–Crippen LogP) is 5.15. The Balaban J connectivity index is 1.68. The lowest BCUT2D eigenvalue weighted by molar-refractivity contribution is -0.112. The molecule has 1 aromatic carbocycles. The summed E-state index contributed by atoms with van der Waals surface area (Å²) >= 11 is 0. The number of nitrogens with two attached hydrogens (primary N) is 1. The SMILES string of the molecule is C[C@@H]1C[C@H](N)CN(c2cc(CF)ncc2NC(=O)C2=CCC(F)(F)C(c3ccccc3F)=C2F)C1. The van der Waals surface area contributed by atoms with Crippen molar-refractivity contribution < 1.29 is 26.7 Å².